The van der Waals surface area contributed by atoms with Crippen LogP contribution in [0.1, 0.15) is 143 Å². The van der Waals surface area contributed by atoms with Gasteiger partial charge in [0.2, 0.25) is 0 Å². The van der Waals surface area contributed by atoms with Crippen molar-refractivity contribution < 1.29 is 28.6 Å². The summed E-state index contributed by atoms with van der Waals surface area (Å²) in [7, 11) is 0. The van der Waals surface area contributed by atoms with Gasteiger partial charge in [0.05, 0.1) is 6.42 Å². The van der Waals surface area contributed by atoms with Gasteiger partial charge in [0.15, 0.2) is 6.10 Å². The van der Waals surface area contributed by atoms with E-state index in [9.17, 15) is 14.4 Å². The molecule has 0 saturated carbocycles. The zero-order chi connectivity index (χ0) is 42.3. The van der Waals surface area contributed by atoms with Gasteiger partial charge in [-0.05, 0) is 83.5 Å². The Bertz CT molecular complexity index is 1380. The van der Waals surface area contributed by atoms with Crippen LogP contribution in [0.25, 0.3) is 0 Å². The first kappa shape index (κ1) is 53.3. The molecule has 6 nitrogen and oxygen atoms in total. The quantitative estimate of drug-likeness (QED) is 0.0207. The molecule has 0 aliphatic heterocycles. The van der Waals surface area contributed by atoms with E-state index in [4.69, 9.17) is 14.2 Å². The second-order valence-corrected chi connectivity index (χ2v) is 13.6. The van der Waals surface area contributed by atoms with Crippen LogP contribution >= 0.6 is 0 Å². The lowest BCUT2D eigenvalue weighted by molar-refractivity contribution is -0.166. The number of allylic oxidation sites excluding steroid dienone is 23. The molecule has 0 fully saturated rings. The Morgan fingerprint density at radius 3 is 1.33 bits per heavy atom. The van der Waals surface area contributed by atoms with E-state index in [0.717, 1.165) is 89.9 Å². The van der Waals surface area contributed by atoms with E-state index < -0.39 is 12.1 Å². The molecular formula is C52H76O6. The maximum absolute atomic E-state index is 12.7. The fourth-order valence-electron chi connectivity index (χ4n) is 5.07. The SMILES string of the molecule is CC\C=C/C=C\C=C/C=C\C=C\C=C/CCCCCC(=O)OCC(COC(=O)C/C=C\C/C=C\C/C=C\CC)OC(=O)CCCCCC/C=C\C/C=C\C/C=C\CC. The zero-order valence-electron chi connectivity index (χ0n) is 36.2. The Morgan fingerprint density at radius 2 is 0.776 bits per heavy atom. The van der Waals surface area contributed by atoms with E-state index >= 15 is 0 Å². The fraction of sp³-hybridized carbons (Fsp3) is 0.481. The fourth-order valence-corrected chi connectivity index (χ4v) is 5.07. The monoisotopic (exact) mass is 797 g/mol. The van der Waals surface area contributed by atoms with Gasteiger partial charge in [-0.15, -0.1) is 0 Å². The summed E-state index contributed by atoms with van der Waals surface area (Å²) in [6.07, 6.45) is 64.3. The lowest BCUT2D eigenvalue weighted by Gasteiger charge is -2.18. The summed E-state index contributed by atoms with van der Waals surface area (Å²) in [6, 6.07) is 0. The largest absolute Gasteiger partial charge is 0.462 e. The molecule has 1 unspecified atom stereocenters. The van der Waals surface area contributed by atoms with Crippen molar-refractivity contribution in [3.63, 3.8) is 0 Å². The molecule has 0 aromatic carbocycles. The number of carbonyl (C=O) groups excluding carboxylic acids is 3. The summed E-state index contributed by atoms with van der Waals surface area (Å²) in [5, 5.41) is 0. The zero-order valence-corrected chi connectivity index (χ0v) is 36.2. The van der Waals surface area contributed by atoms with Crippen molar-refractivity contribution >= 4 is 17.9 Å². The molecule has 0 aliphatic carbocycles. The summed E-state index contributed by atoms with van der Waals surface area (Å²) < 4.78 is 16.5. The first-order chi connectivity index (χ1) is 28.5. The second kappa shape index (κ2) is 45.0. The Hall–Kier alpha value is -4.71. The number of ether oxygens (including phenoxy) is 3. The minimum absolute atomic E-state index is 0.113. The standard InChI is InChI=1S/C52H76O6/c1-4-7-10-13-16-19-21-23-25-26-27-29-30-33-36-39-42-45-51(54)57-48-49(47-56-50(53)44-41-38-35-32-18-15-12-9-6-3)58-52(55)46-43-40-37-34-31-28-24-22-20-17-14-11-8-5-2/h7-13,16-21,23-30,32,38,41,49H,4-6,14-15,22,31,33-37,39-40,42-48H2,1-3H3/b10-7-,11-8-,12-9-,16-13-,20-17-,21-19-,25-23-,27-26+,28-24-,30-29-,32-18-,41-38-. The Labute approximate surface area is 353 Å². The molecule has 0 bridgehead atoms. The number of carbonyl (C=O) groups is 3. The van der Waals surface area contributed by atoms with Crippen LogP contribution in [0.2, 0.25) is 0 Å². The minimum Gasteiger partial charge on any atom is -0.462 e. The Balaban J connectivity index is 4.60. The number of hydrogen-bond acceptors (Lipinski definition) is 6. The highest BCUT2D eigenvalue weighted by atomic mass is 16.6. The van der Waals surface area contributed by atoms with E-state index in [1.165, 1.54) is 0 Å². The third kappa shape index (κ3) is 42.4. The third-order valence-electron chi connectivity index (χ3n) is 8.26. The predicted molar refractivity (Wildman–Crippen MR) is 246 cm³/mol. The van der Waals surface area contributed by atoms with Gasteiger partial charge < -0.3 is 14.2 Å². The molecule has 320 valence electrons. The highest BCUT2D eigenvalue weighted by Crippen LogP contribution is 2.10. The normalized spacial score (nSPS) is 13.5. The van der Waals surface area contributed by atoms with Crippen molar-refractivity contribution in [1.82, 2.24) is 0 Å². The van der Waals surface area contributed by atoms with Crippen molar-refractivity contribution in [1.29, 1.82) is 0 Å². The van der Waals surface area contributed by atoms with Gasteiger partial charge >= 0.3 is 17.9 Å². The van der Waals surface area contributed by atoms with Gasteiger partial charge in [-0.3, -0.25) is 14.4 Å². The average molecular weight is 797 g/mol. The molecule has 0 aliphatic rings. The maximum Gasteiger partial charge on any atom is 0.309 e. The van der Waals surface area contributed by atoms with Crippen LogP contribution in [0.5, 0.6) is 0 Å². The average Bonchev–Trinajstić information content (AvgIpc) is 3.22. The smallest absolute Gasteiger partial charge is 0.309 e. The van der Waals surface area contributed by atoms with Gasteiger partial charge in [-0.2, -0.15) is 0 Å². The van der Waals surface area contributed by atoms with Crippen LogP contribution in [0.4, 0.5) is 0 Å². The van der Waals surface area contributed by atoms with Crippen LogP contribution in [0, 0.1) is 0 Å². The van der Waals surface area contributed by atoms with Crippen LogP contribution in [0.3, 0.4) is 0 Å². The van der Waals surface area contributed by atoms with E-state index in [1.54, 1.807) is 6.08 Å². The van der Waals surface area contributed by atoms with Gasteiger partial charge in [0.1, 0.15) is 13.2 Å². The molecule has 0 aromatic rings. The van der Waals surface area contributed by atoms with E-state index in [-0.39, 0.29) is 44.4 Å². The number of unbranched alkanes of at least 4 members (excludes halogenated alkanes) is 7. The van der Waals surface area contributed by atoms with Gasteiger partial charge in [-0.25, -0.2) is 0 Å². The Kier molecular flexibility index (Phi) is 41.3. The van der Waals surface area contributed by atoms with Crippen LogP contribution in [0.15, 0.2) is 146 Å². The van der Waals surface area contributed by atoms with Gasteiger partial charge in [-0.1, -0.05) is 186 Å². The Morgan fingerprint density at radius 1 is 0.379 bits per heavy atom. The maximum atomic E-state index is 12.7. The molecule has 6 heteroatoms. The number of esters is 3. The van der Waals surface area contributed by atoms with Crippen molar-refractivity contribution in [3.05, 3.63) is 146 Å². The summed E-state index contributed by atoms with van der Waals surface area (Å²) in [6.45, 7) is 6.05. The topological polar surface area (TPSA) is 78.9 Å². The lowest BCUT2D eigenvalue weighted by Crippen LogP contribution is -2.30. The first-order valence-electron chi connectivity index (χ1n) is 21.9. The summed E-state index contributed by atoms with van der Waals surface area (Å²) in [4.78, 5) is 37.6. The molecular weight excluding hydrogens is 721 g/mol. The van der Waals surface area contributed by atoms with Crippen molar-refractivity contribution in [2.45, 2.75) is 149 Å². The molecule has 0 heterocycles. The summed E-state index contributed by atoms with van der Waals surface area (Å²) in [5.74, 6) is -1.16. The number of hydrogen-bond donors (Lipinski definition) is 0. The molecule has 0 N–H and O–H groups in total. The third-order valence-corrected chi connectivity index (χ3v) is 8.26. The van der Waals surface area contributed by atoms with Crippen molar-refractivity contribution in [3.8, 4) is 0 Å². The van der Waals surface area contributed by atoms with Crippen LogP contribution in [-0.2, 0) is 28.6 Å². The van der Waals surface area contributed by atoms with Crippen LogP contribution in [-0.4, -0.2) is 37.2 Å². The molecule has 58 heavy (non-hydrogen) atoms. The minimum atomic E-state index is -0.848. The molecule has 0 aromatic heterocycles. The highest BCUT2D eigenvalue weighted by Gasteiger charge is 2.19. The van der Waals surface area contributed by atoms with E-state index in [1.807, 2.05) is 66.8 Å². The molecule has 0 saturated heterocycles. The first-order valence-corrected chi connectivity index (χ1v) is 21.9. The molecule has 0 radical (unpaired) electrons. The predicted octanol–water partition coefficient (Wildman–Crippen LogP) is 14.1. The van der Waals surface area contributed by atoms with E-state index in [2.05, 4.69) is 93.7 Å². The van der Waals surface area contributed by atoms with E-state index in [0.29, 0.717) is 12.8 Å². The van der Waals surface area contributed by atoms with Crippen molar-refractivity contribution in [2.24, 2.45) is 0 Å². The lowest BCUT2D eigenvalue weighted by atomic mass is 10.1. The molecule has 0 rings (SSSR count). The molecule has 0 spiro atoms. The highest BCUT2D eigenvalue weighted by molar-refractivity contribution is 5.72. The summed E-state index contributed by atoms with van der Waals surface area (Å²) >= 11 is 0. The molecule has 1 atom stereocenters. The van der Waals surface area contributed by atoms with Crippen molar-refractivity contribution in [2.75, 3.05) is 13.2 Å². The molecule has 0 amide bonds. The van der Waals surface area contributed by atoms with Gasteiger partial charge in [0, 0.05) is 12.8 Å². The number of rotatable bonds is 36. The summed E-state index contributed by atoms with van der Waals surface area (Å²) in [5.41, 5.74) is 0. The van der Waals surface area contributed by atoms with Crippen LogP contribution < -0.4 is 0 Å². The second-order valence-electron chi connectivity index (χ2n) is 13.6. The van der Waals surface area contributed by atoms with Gasteiger partial charge in [0.25, 0.3) is 0 Å².